The average Bonchev–Trinajstić information content (AvgIpc) is 2.28. The lowest BCUT2D eigenvalue weighted by atomic mass is 10.2. The van der Waals surface area contributed by atoms with Gasteiger partial charge in [0, 0.05) is 12.8 Å². The fraction of sp³-hybridized carbons (Fsp3) is 0.818. The van der Waals surface area contributed by atoms with E-state index in [1.807, 2.05) is 0 Å². The first-order valence-corrected chi connectivity index (χ1v) is 5.79. The number of esters is 2. The van der Waals surface area contributed by atoms with Crippen molar-refractivity contribution in [2.24, 2.45) is 0 Å². The van der Waals surface area contributed by atoms with Gasteiger partial charge in [0.15, 0.2) is 0 Å². The second-order valence-electron chi connectivity index (χ2n) is 4.13. The molecule has 17 heavy (non-hydrogen) atoms. The first-order chi connectivity index (χ1) is 7.95. The van der Waals surface area contributed by atoms with Gasteiger partial charge in [-0.2, -0.15) is 0 Å². The molecule has 98 valence electrons. The van der Waals surface area contributed by atoms with Crippen molar-refractivity contribution in [3.05, 3.63) is 0 Å². The summed E-state index contributed by atoms with van der Waals surface area (Å²) in [5.41, 5.74) is 0. The van der Waals surface area contributed by atoms with Crippen LogP contribution < -0.4 is 0 Å². The minimum atomic E-state index is -2.34. The summed E-state index contributed by atoms with van der Waals surface area (Å²) in [6.45, 7) is 1.70. The molecule has 0 aromatic rings. The Balaban J connectivity index is 2.74. The van der Waals surface area contributed by atoms with Gasteiger partial charge in [-0.15, -0.1) is 0 Å². The van der Waals surface area contributed by atoms with E-state index in [0.29, 0.717) is 19.3 Å². The summed E-state index contributed by atoms with van der Waals surface area (Å²) >= 11 is 0. The number of ether oxygens (including phenoxy) is 2. The third-order valence-electron chi connectivity index (χ3n) is 2.52. The summed E-state index contributed by atoms with van der Waals surface area (Å²) in [5, 5.41) is 19.3. The third kappa shape index (κ3) is 4.70. The van der Waals surface area contributed by atoms with E-state index < -0.39 is 24.0 Å². The lowest BCUT2D eigenvalue weighted by Crippen LogP contribution is -2.42. The number of hydrogen-bond acceptors (Lipinski definition) is 6. The van der Waals surface area contributed by atoms with Crippen LogP contribution in [0.4, 0.5) is 0 Å². The molecule has 0 bridgehead atoms. The maximum atomic E-state index is 11.3. The van der Waals surface area contributed by atoms with Crippen molar-refractivity contribution >= 4 is 11.9 Å². The smallest absolute Gasteiger partial charge is 0.375 e. The Hall–Kier alpha value is -1.14. The first kappa shape index (κ1) is 13.9. The van der Waals surface area contributed by atoms with Crippen LogP contribution in [0.5, 0.6) is 0 Å². The van der Waals surface area contributed by atoms with E-state index in [-0.39, 0.29) is 19.3 Å². The van der Waals surface area contributed by atoms with Gasteiger partial charge in [0.25, 0.3) is 0 Å². The molecule has 0 amide bonds. The van der Waals surface area contributed by atoms with E-state index in [0.717, 1.165) is 0 Å². The molecule has 1 fully saturated rings. The lowest BCUT2D eigenvalue weighted by Gasteiger charge is -2.27. The normalized spacial score (nSPS) is 22.8. The van der Waals surface area contributed by atoms with Gasteiger partial charge in [-0.25, -0.2) is 0 Å². The van der Waals surface area contributed by atoms with Crippen LogP contribution in [0.15, 0.2) is 0 Å². The van der Waals surface area contributed by atoms with Crippen LogP contribution in [-0.4, -0.2) is 34.2 Å². The van der Waals surface area contributed by atoms with Crippen molar-refractivity contribution in [1.82, 2.24) is 0 Å². The molecule has 0 aromatic heterocycles. The quantitative estimate of drug-likeness (QED) is 0.702. The van der Waals surface area contributed by atoms with Crippen molar-refractivity contribution in [2.45, 2.75) is 57.5 Å². The van der Waals surface area contributed by atoms with Crippen LogP contribution in [-0.2, 0) is 19.1 Å². The Kier molecular flexibility index (Phi) is 4.89. The fourth-order valence-electron chi connectivity index (χ4n) is 1.54. The fourth-order valence-corrected chi connectivity index (χ4v) is 1.54. The second-order valence-corrected chi connectivity index (χ2v) is 4.13. The van der Waals surface area contributed by atoms with Gasteiger partial charge in [-0.3, -0.25) is 9.59 Å². The lowest BCUT2D eigenvalue weighted by molar-refractivity contribution is -0.333. The minimum absolute atomic E-state index is 0.126. The SMILES string of the molecule is CCC(O)CC1(O)OC(=O)CCCCC(=O)O1. The van der Waals surface area contributed by atoms with Gasteiger partial charge in [-0.05, 0) is 19.3 Å². The molecular formula is C11H18O6. The molecule has 0 aliphatic carbocycles. The van der Waals surface area contributed by atoms with Gasteiger partial charge in [0.2, 0.25) is 0 Å². The molecular weight excluding hydrogens is 228 g/mol. The summed E-state index contributed by atoms with van der Waals surface area (Å²) in [4.78, 5) is 22.7. The number of carbonyl (C=O) groups is 2. The van der Waals surface area contributed by atoms with E-state index in [1.165, 1.54) is 0 Å². The van der Waals surface area contributed by atoms with Crippen LogP contribution >= 0.6 is 0 Å². The van der Waals surface area contributed by atoms with Crippen LogP contribution in [0.3, 0.4) is 0 Å². The Labute approximate surface area is 99.5 Å². The summed E-state index contributed by atoms with van der Waals surface area (Å²) in [6, 6.07) is 0. The predicted molar refractivity (Wildman–Crippen MR) is 56.5 cm³/mol. The molecule has 1 aliphatic rings. The summed E-state index contributed by atoms with van der Waals surface area (Å²) < 4.78 is 9.43. The zero-order chi connectivity index (χ0) is 12.9. The highest BCUT2D eigenvalue weighted by atomic mass is 16.8. The van der Waals surface area contributed by atoms with Crippen molar-refractivity contribution < 1.29 is 29.3 Å². The van der Waals surface area contributed by atoms with Crippen molar-refractivity contribution in [2.75, 3.05) is 0 Å². The summed E-state index contributed by atoms with van der Waals surface area (Å²) in [6.07, 6.45) is 0.405. The summed E-state index contributed by atoms with van der Waals surface area (Å²) in [5.74, 6) is -3.61. The third-order valence-corrected chi connectivity index (χ3v) is 2.52. The number of hydrogen-bond donors (Lipinski definition) is 2. The summed E-state index contributed by atoms with van der Waals surface area (Å²) in [7, 11) is 0. The van der Waals surface area contributed by atoms with Crippen molar-refractivity contribution in [3.63, 3.8) is 0 Å². The van der Waals surface area contributed by atoms with Gasteiger partial charge < -0.3 is 19.7 Å². The van der Waals surface area contributed by atoms with E-state index in [2.05, 4.69) is 0 Å². The predicted octanol–water partition coefficient (Wildman–Crippen LogP) is 0.454. The van der Waals surface area contributed by atoms with E-state index in [1.54, 1.807) is 6.92 Å². The van der Waals surface area contributed by atoms with Gasteiger partial charge in [0.05, 0.1) is 12.5 Å². The van der Waals surface area contributed by atoms with Crippen LogP contribution in [0.1, 0.15) is 45.4 Å². The Morgan fingerprint density at radius 1 is 1.24 bits per heavy atom. The number of cyclic esters (lactones) is 2. The van der Waals surface area contributed by atoms with Crippen molar-refractivity contribution in [1.29, 1.82) is 0 Å². The largest absolute Gasteiger partial charge is 0.398 e. The number of aliphatic hydroxyl groups excluding tert-OH is 1. The van der Waals surface area contributed by atoms with E-state index >= 15 is 0 Å². The molecule has 1 heterocycles. The maximum Gasteiger partial charge on any atom is 0.375 e. The van der Waals surface area contributed by atoms with Gasteiger partial charge in [0.1, 0.15) is 0 Å². The zero-order valence-corrected chi connectivity index (χ0v) is 9.85. The maximum absolute atomic E-state index is 11.3. The zero-order valence-electron chi connectivity index (χ0n) is 9.85. The molecule has 6 heteroatoms. The molecule has 1 rings (SSSR count). The van der Waals surface area contributed by atoms with Gasteiger partial charge in [-0.1, -0.05) is 6.92 Å². The molecule has 1 unspecified atom stereocenters. The molecule has 0 spiro atoms. The standard InChI is InChI=1S/C11H18O6/c1-2-8(12)7-11(15)16-9(13)5-3-4-6-10(14)17-11/h8,12,15H,2-7H2,1H3. The molecule has 1 aliphatic heterocycles. The van der Waals surface area contributed by atoms with E-state index in [4.69, 9.17) is 9.47 Å². The molecule has 0 saturated carbocycles. The van der Waals surface area contributed by atoms with Crippen LogP contribution in [0, 0.1) is 0 Å². The Bertz CT molecular complexity index is 268. The average molecular weight is 246 g/mol. The number of rotatable bonds is 3. The van der Waals surface area contributed by atoms with Crippen molar-refractivity contribution in [3.8, 4) is 0 Å². The molecule has 6 nitrogen and oxygen atoms in total. The minimum Gasteiger partial charge on any atom is -0.398 e. The monoisotopic (exact) mass is 246 g/mol. The van der Waals surface area contributed by atoms with Crippen LogP contribution in [0.2, 0.25) is 0 Å². The Morgan fingerprint density at radius 2 is 1.71 bits per heavy atom. The number of aliphatic hydroxyl groups is 2. The molecule has 1 atom stereocenters. The van der Waals surface area contributed by atoms with Crippen LogP contribution in [0.25, 0.3) is 0 Å². The molecule has 1 saturated heterocycles. The van der Waals surface area contributed by atoms with E-state index in [9.17, 15) is 19.8 Å². The van der Waals surface area contributed by atoms with Gasteiger partial charge >= 0.3 is 17.9 Å². The first-order valence-electron chi connectivity index (χ1n) is 5.79. The molecule has 2 N–H and O–H groups in total. The second kappa shape index (κ2) is 5.97. The molecule has 0 aromatic carbocycles. The topological polar surface area (TPSA) is 93.1 Å². The number of carbonyl (C=O) groups excluding carboxylic acids is 2. The highest BCUT2D eigenvalue weighted by Gasteiger charge is 2.39. The highest BCUT2D eigenvalue weighted by Crippen LogP contribution is 2.22. The molecule has 0 radical (unpaired) electrons. The highest BCUT2D eigenvalue weighted by molar-refractivity contribution is 5.72. The Morgan fingerprint density at radius 3 is 2.12 bits per heavy atom.